The number of piperidine rings is 1. The molecular weight excluding hydrogens is 224 g/mol. The summed E-state index contributed by atoms with van der Waals surface area (Å²) in [5, 5.41) is 12.5. The standard InChI is InChI=1S/C15H32N2O/c1-4-9-17-10-7-15(8-11-17)14(3)16-13(2)6-5-12-18/h13-16,18H,4-12H2,1-3H3. The quantitative estimate of drug-likeness (QED) is 0.699. The monoisotopic (exact) mass is 256 g/mol. The third-order valence-corrected chi connectivity index (χ3v) is 4.22. The highest BCUT2D eigenvalue weighted by atomic mass is 16.2. The van der Waals surface area contributed by atoms with Gasteiger partial charge < -0.3 is 15.3 Å². The van der Waals surface area contributed by atoms with Gasteiger partial charge in [0.25, 0.3) is 0 Å². The normalized spacial score (nSPS) is 22.0. The zero-order valence-corrected chi connectivity index (χ0v) is 12.5. The Kier molecular flexibility index (Phi) is 7.87. The topological polar surface area (TPSA) is 35.5 Å². The van der Waals surface area contributed by atoms with E-state index in [1.54, 1.807) is 0 Å². The molecule has 0 amide bonds. The van der Waals surface area contributed by atoms with E-state index in [1.165, 1.54) is 38.9 Å². The van der Waals surface area contributed by atoms with Crippen LogP contribution < -0.4 is 5.32 Å². The van der Waals surface area contributed by atoms with Crippen LogP contribution in [0.4, 0.5) is 0 Å². The smallest absolute Gasteiger partial charge is 0.0431 e. The summed E-state index contributed by atoms with van der Waals surface area (Å²) in [6.45, 7) is 11.0. The zero-order chi connectivity index (χ0) is 13.4. The number of rotatable bonds is 8. The second-order valence-electron chi connectivity index (χ2n) is 5.90. The van der Waals surface area contributed by atoms with Crippen molar-refractivity contribution in [3.05, 3.63) is 0 Å². The number of nitrogens with zero attached hydrogens (tertiary/aromatic N) is 1. The van der Waals surface area contributed by atoms with Crippen molar-refractivity contribution in [3.63, 3.8) is 0 Å². The number of aliphatic hydroxyl groups excluding tert-OH is 1. The van der Waals surface area contributed by atoms with Gasteiger partial charge in [-0.1, -0.05) is 6.92 Å². The lowest BCUT2D eigenvalue weighted by molar-refractivity contribution is 0.158. The Morgan fingerprint density at radius 2 is 1.94 bits per heavy atom. The van der Waals surface area contributed by atoms with Gasteiger partial charge in [-0.15, -0.1) is 0 Å². The molecule has 0 aromatic carbocycles. The minimum Gasteiger partial charge on any atom is -0.396 e. The Morgan fingerprint density at radius 1 is 1.28 bits per heavy atom. The van der Waals surface area contributed by atoms with Crippen molar-refractivity contribution in [1.29, 1.82) is 0 Å². The Morgan fingerprint density at radius 3 is 2.50 bits per heavy atom. The van der Waals surface area contributed by atoms with E-state index < -0.39 is 0 Å². The van der Waals surface area contributed by atoms with Crippen molar-refractivity contribution in [2.45, 2.75) is 65.0 Å². The van der Waals surface area contributed by atoms with Gasteiger partial charge in [0, 0.05) is 18.7 Å². The fourth-order valence-electron chi connectivity index (χ4n) is 3.06. The number of aliphatic hydroxyl groups is 1. The highest BCUT2D eigenvalue weighted by Gasteiger charge is 2.23. The first kappa shape index (κ1) is 15.9. The van der Waals surface area contributed by atoms with Gasteiger partial charge in [-0.05, 0) is 71.5 Å². The van der Waals surface area contributed by atoms with E-state index in [1.807, 2.05) is 0 Å². The summed E-state index contributed by atoms with van der Waals surface area (Å²) in [6, 6.07) is 1.14. The third kappa shape index (κ3) is 5.68. The largest absolute Gasteiger partial charge is 0.396 e. The van der Waals surface area contributed by atoms with E-state index >= 15 is 0 Å². The Hall–Kier alpha value is -0.120. The highest BCUT2D eigenvalue weighted by Crippen LogP contribution is 2.21. The van der Waals surface area contributed by atoms with Gasteiger partial charge in [-0.25, -0.2) is 0 Å². The van der Waals surface area contributed by atoms with E-state index in [-0.39, 0.29) is 0 Å². The molecule has 1 aliphatic rings. The molecule has 1 rings (SSSR count). The van der Waals surface area contributed by atoms with E-state index in [0.717, 1.165) is 18.8 Å². The molecule has 0 aliphatic carbocycles. The molecule has 2 unspecified atom stereocenters. The van der Waals surface area contributed by atoms with Crippen LogP contribution >= 0.6 is 0 Å². The van der Waals surface area contributed by atoms with Gasteiger partial charge in [0.15, 0.2) is 0 Å². The Bertz CT molecular complexity index is 203. The van der Waals surface area contributed by atoms with Gasteiger partial charge >= 0.3 is 0 Å². The van der Waals surface area contributed by atoms with Crippen LogP contribution in [-0.2, 0) is 0 Å². The van der Waals surface area contributed by atoms with Gasteiger partial charge in [0.2, 0.25) is 0 Å². The van der Waals surface area contributed by atoms with Gasteiger partial charge in [-0.2, -0.15) is 0 Å². The fourth-order valence-corrected chi connectivity index (χ4v) is 3.06. The minimum absolute atomic E-state index is 0.315. The van der Waals surface area contributed by atoms with Crippen molar-refractivity contribution in [1.82, 2.24) is 10.2 Å². The second kappa shape index (κ2) is 8.89. The number of likely N-dealkylation sites (tertiary alicyclic amines) is 1. The van der Waals surface area contributed by atoms with Crippen LogP contribution in [0, 0.1) is 5.92 Å². The molecule has 0 aromatic rings. The molecule has 0 aromatic heterocycles. The molecule has 1 fully saturated rings. The number of hydrogen-bond donors (Lipinski definition) is 2. The van der Waals surface area contributed by atoms with Crippen molar-refractivity contribution in [2.75, 3.05) is 26.2 Å². The van der Waals surface area contributed by atoms with Crippen LogP contribution in [0.15, 0.2) is 0 Å². The molecule has 2 N–H and O–H groups in total. The SMILES string of the molecule is CCCN1CCC(C(C)NC(C)CCCO)CC1. The average Bonchev–Trinajstić information content (AvgIpc) is 2.37. The maximum Gasteiger partial charge on any atom is 0.0431 e. The van der Waals surface area contributed by atoms with E-state index in [4.69, 9.17) is 5.11 Å². The van der Waals surface area contributed by atoms with Crippen molar-refractivity contribution >= 4 is 0 Å². The van der Waals surface area contributed by atoms with E-state index in [0.29, 0.717) is 18.7 Å². The third-order valence-electron chi connectivity index (χ3n) is 4.22. The Labute approximate surface area is 113 Å². The summed E-state index contributed by atoms with van der Waals surface area (Å²) in [7, 11) is 0. The number of nitrogens with one attached hydrogen (secondary N) is 1. The summed E-state index contributed by atoms with van der Waals surface area (Å²) in [6.07, 6.45) is 5.93. The maximum absolute atomic E-state index is 8.84. The molecule has 0 spiro atoms. The summed E-state index contributed by atoms with van der Waals surface area (Å²) < 4.78 is 0. The van der Waals surface area contributed by atoms with Crippen LogP contribution in [0.25, 0.3) is 0 Å². The molecule has 1 saturated heterocycles. The molecule has 1 aliphatic heterocycles. The molecule has 0 saturated carbocycles. The Balaban J connectivity index is 2.20. The molecule has 3 nitrogen and oxygen atoms in total. The van der Waals surface area contributed by atoms with Gasteiger partial charge in [0.05, 0.1) is 0 Å². The average molecular weight is 256 g/mol. The highest BCUT2D eigenvalue weighted by molar-refractivity contribution is 4.81. The molecule has 3 heteroatoms. The van der Waals surface area contributed by atoms with E-state index in [2.05, 4.69) is 31.0 Å². The van der Waals surface area contributed by atoms with E-state index in [9.17, 15) is 0 Å². The first-order valence-corrected chi connectivity index (χ1v) is 7.76. The van der Waals surface area contributed by atoms with Crippen LogP contribution in [0.1, 0.15) is 52.9 Å². The second-order valence-corrected chi connectivity index (χ2v) is 5.90. The van der Waals surface area contributed by atoms with Crippen LogP contribution in [0.3, 0.4) is 0 Å². The molecule has 0 radical (unpaired) electrons. The van der Waals surface area contributed by atoms with Gasteiger partial charge in [0.1, 0.15) is 0 Å². The first-order chi connectivity index (χ1) is 8.67. The molecule has 2 atom stereocenters. The van der Waals surface area contributed by atoms with Crippen molar-refractivity contribution in [2.24, 2.45) is 5.92 Å². The molecule has 18 heavy (non-hydrogen) atoms. The summed E-state index contributed by atoms with van der Waals surface area (Å²) >= 11 is 0. The minimum atomic E-state index is 0.315. The summed E-state index contributed by atoms with van der Waals surface area (Å²) in [4.78, 5) is 2.60. The predicted octanol–water partition coefficient (Wildman–Crippen LogP) is 2.25. The molecule has 1 heterocycles. The fraction of sp³-hybridized carbons (Fsp3) is 1.00. The maximum atomic E-state index is 8.84. The molecule has 0 bridgehead atoms. The predicted molar refractivity (Wildman–Crippen MR) is 77.8 cm³/mol. The number of hydrogen-bond acceptors (Lipinski definition) is 3. The first-order valence-electron chi connectivity index (χ1n) is 7.76. The summed E-state index contributed by atoms with van der Waals surface area (Å²) in [5.41, 5.74) is 0. The zero-order valence-electron chi connectivity index (χ0n) is 12.5. The van der Waals surface area contributed by atoms with Crippen molar-refractivity contribution < 1.29 is 5.11 Å². The summed E-state index contributed by atoms with van der Waals surface area (Å²) in [5.74, 6) is 0.828. The molecular formula is C15H32N2O. The van der Waals surface area contributed by atoms with Crippen LogP contribution in [-0.4, -0.2) is 48.3 Å². The lowest BCUT2D eigenvalue weighted by Crippen LogP contribution is -2.44. The lowest BCUT2D eigenvalue weighted by atomic mass is 9.89. The van der Waals surface area contributed by atoms with Crippen molar-refractivity contribution in [3.8, 4) is 0 Å². The molecule has 108 valence electrons. The van der Waals surface area contributed by atoms with Crippen LogP contribution in [0.5, 0.6) is 0 Å². The van der Waals surface area contributed by atoms with Gasteiger partial charge in [-0.3, -0.25) is 0 Å². The van der Waals surface area contributed by atoms with Crippen LogP contribution in [0.2, 0.25) is 0 Å². The lowest BCUT2D eigenvalue weighted by Gasteiger charge is -2.36.